The summed E-state index contributed by atoms with van der Waals surface area (Å²) in [6, 6.07) is 9.09. The Bertz CT molecular complexity index is 600. The first-order valence-corrected chi connectivity index (χ1v) is 8.81. The lowest BCUT2D eigenvalue weighted by atomic mass is 10.1. The van der Waals surface area contributed by atoms with Crippen LogP contribution in [0.15, 0.2) is 30.3 Å². The number of esters is 1. The number of carbonyl (C=O) groups is 2. The van der Waals surface area contributed by atoms with E-state index in [2.05, 4.69) is 0 Å². The summed E-state index contributed by atoms with van der Waals surface area (Å²) in [6.45, 7) is 6.91. The van der Waals surface area contributed by atoms with Crippen LogP contribution in [0.25, 0.3) is 0 Å². The van der Waals surface area contributed by atoms with E-state index in [0.29, 0.717) is 19.6 Å². The van der Waals surface area contributed by atoms with Gasteiger partial charge in [-0.1, -0.05) is 30.3 Å². The van der Waals surface area contributed by atoms with Gasteiger partial charge in [-0.05, 0) is 26.3 Å². The predicted octanol–water partition coefficient (Wildman–Crippen LogP) is 1.64. The van der Waals surface area contributed by atoms with Gasteiger partial charge in [-0.2, -0.15) is 0 Å². The Morgan fingerprint density at radius 3 is 2.50 bits per heavy atom. The number of carbonyl (C=O) groups excluding carboxylic acids is 2. The Morgan fingerprint density at radius 1 is 1.19 bits per heavy atom. The molecule has 0 aromatic heterocycles. The number of rotatable bonds is 5. The molecule has 1 aliphatic heterocycles. The summed E-state index contributed by atoms with van der Waals surface area (Å²) in [5, 5.41) is 9.62. The molecule has 0 aliphatic carbocycles. The van der Waals surface area contributed by atoms with Gasteiger partial charge in [0.05, 0.1) is 19.2 Å². The quantitative estimate of drug-likeness (QED) is 0.801. The van der Waals surface area contributed by atoms with Crippen molar-refractivity contribution in [3.63, 3.8) is 0 Å². The molecule has 1 aliphatic rings. The zero-order valence-electron chi connectivity index (χ0n) is 15.7. The van der Waals surface area contributed by atoms with E-state index in [1.807, 2.05) is 35.2 Å². The third-order valence-electron chi connectivity index (χ3n) is 4.00. The van der Waals surface area contributed by atoms with Gasteiger partial charge in [0.1, 0.15) is 12.2 Å². The largest absolute Gasteiger partial charge is 0.460 e. The molecule has 1 aromatic rings. The topological polar surface area (TPSA) is 79.3 Å². The number of aliphatic hydroxyl groups is 1. The van der Waals surface area contributed by atoms with Crippen molar-refractivity contribution < 1.29 is 24.2 Å². The Morgan fingerprint density at radius 2 is 1.88 bits per heavy atom. The Labute approximate surface area is 154 Å². The number of piperazine rings is 1. The number of amides is 1. The molecule has 1 saturated heterocycles. The number of benzene rings is 1. The van der Waals surface area contributed by atoms with Crippen molar-refractivity contribution in [3.8, 4) is 0 Å². The lowest BCUT2D eigenvalue weighted by Crippen LogP contribution is -2.58. The summed E-state index contributed by atoms with van der Waals surface area (Å²) < 4.78 is 10.7. The minimum atomic E-state index is -0.588. The van der Waals surface area contributed by atoms with Gasteiger partial charge in [0.15, 0.2) is 0 Å². The van der Waals surface area contributed by atoms with E-state index >= 15 is 0 Å². The van der Waals surface area contributed by atoms with Crippen LogP contribution in [0.1, 0.15) is 26.3 Å². The zero-order valence-corrected chi connectivity index (χ0v) is 15.7. The SMILES string of the molecule is CC(C)(C)OC(=O)N1CCN(CC(=O)OCc2ccccc2)C[C@@H]1CO. The highest BCUT2D eigenvalue weighted by Crippen LogP contribution is 2.16. The van der Waals surface area contributed by atoms with Crippen LogP contribution in [0.2, 0.25) is 0 Å². The second-order valence-electron chi connectivity index (χ2n) is 7.39. The van der Waals surface area contributed by atoms with Crippen molar-refractivity contribution in [2.24, 2.45) is 0 Å². The van der Waals surface area contributed by atoms with Crippen LogP contribution in [-0.2, 0) is 20.9 Å². The van der Waals surface area contributed by atoms with Crippen LogP contribution in [0.5, 0.6) is 0 Å². The molecule has 1 amide bonds. The van der Waals surface area contributed by atoms with Gasteiger partial charge in [-0.3, -0.25) is 9.69 Å². The Kier molecular flexibility index (Phi) is 6.99. The monoisotopic (exact) mass is 364 g/mol. The average Bonchev–Trinajstić information content (AvgIpc) is 2.59. The molecule has 1 atom stereocenters. The maximum atomic E-state index is 12.3. The van der Waals surface area contributed by atoms with Crippen molar-refractivity contribution >= 4 is 12.1 Å². The van der Waals surface area contributed by atoms with E-state index in [1.54, 1.807) is 20.8 Å². The number of nitrogens with zero attached hydrogens (tertiary/aromatic N) is 2. The number of aliphatic hydroxyl groups excluding tert-OH is 1. The molecule has 1 aromatic carbocycles. The Hall–Kier alpha value is -2.12. The van der Waals surface area contributed by atoms with E-state index in [-0.39, 0.29) is 25.7 Å². The van der Waals surface area contributed by atoms with Gasteiger partial charge < -0.3 is 19.5 Å². The van der Waals surface area contributed by atoms with E-state index in [0.717, 1.165) is 5.56 Å². The van der Waals surface area contributed by atoms with Crippen LogP contribution >= 0.6 is 0 Å². The fourth-order valence-corrected chi connectivity index (χ4v) is 2.75. The van der Waals surface area contributed by atoms with Crippen molar-refractivity contribution in [1.82, 2.24) is 9.80 Å². The molecule has 7 heteroatoms. The highest BCUT2D eigenvalue weighted by molar-refractivity contribution is 5.72. The molecule has 0 unspecified atom stereocenters. The number of ether oxygens (including phenoxy) is 2. The van der Waals surface area contributed by atoms with Gasteiger partial charge in [0, 0.05) is 19.6 Å². The highest BCUT2D eigenvalue weighted by atomic mass is 16.6. The Balaban J connectivity index is 1.82. The molecule has 0 saturated carbocycles. The van der Waals surface area contributed by atoms with Gasteiger partial charge in [-0.25, -0.2) is 4.79 Å². The van der Waals surface area contributed by atoms with Crippen LogP contribution in [0, 0.1) is 0 Å². The summed E-state index contributed by atoms with van der Waals surface area (Å²) in [5.74, 6) is -0.323. The molecular formula is C19H28N2O5. The van der Waals surface area contributed by atoms with E-state index in [1.165, 1.54) is 4.90 Å². The number of hydrogen-bond acceptors (Lipinski definition) is 6. The van der Waals surface area contributed by atoms with Crippen LogP contribution < -0.4 is 0 Å². The van der Waals surface area contributed by atoms with Crippen molar-refractivity contribution in [3.05, 3.63) is 35.9 Å². The fourth-order valence-electron chi connectivity index (χ4n) is 2.75. The molecule has 0 bridgehead atoms. The highest BCUT2D eigenvalue weighted by Gasteiger charge is 2.33. The lowest BCUT2D eigenvalue weighted by Gasteiger charge is -2.40. The molecule has 144 valence electrons. The minimum absolute atomic E-state index is 0.130. The van der Waals surface area contributed by atoms with Crippen LogP contribution in [0.4, 0.5) is 4.79 Å². The van der Waals surface area contributed by atoms with Crippen molar-refractivity contribution in [2.75, 3.05) is 32.8 Å². The summed E-state index contributed by atoms with van der Waals surface area (Å²) in [7, 11) is 0. The predicted molar refractivity (Wildman–Crippen MR) is 96.5 cm³/mol. The average molecular weight is 364 g/mol. The first-order valence-electron chi connectivity index (χ1n) is 8.81. The second kappa shape index (κ2) is 9.00. The number of hydrogen-bond donors (Lipinski definition) is 1. The van der Waals surface area contributed by atoms with Gasteiger partial charge in [-0.15, -0.1) is 0 Å². The van der Waals surface area contributed by atoms with Gasteiger partial charge in [0.2, 0.25) is 0 Å². The van der Waals surface area contributed by atoms with Crippen molar-refractivity contribution in [2.45, 2.75) is 39.0 Å². The summed E-state index contributed by atoms with van der Waals surface area (Å²) in [6.07, 6.45) is -0.442. The first kappa shape index (κ1) is 20.2. The maximum Gasteiger partial charge on any atom is 0.410 e. The van der Waals surface area contributed by atoms with Crippen LogP contribution in [0.3, 0.4) is 0 Å². The zero-order chi connectivity index (χ0) is 19.2. The molecule has 1 N–H and O–H groups in total. The normalized spacial score (nSPS) is 18.5. The molecule has 1 fully saturated rings. The summed E-state index contributed by atoms with van der Waals surface area (Å²) in [5.41, 5.74) is 0.346. The molecule has 1 heterocycles. The third-order valence-corrected chi connectivity index (χ3v) is 4.00. The summed E-state index contributed by atoms with van der Waals surface area (Å²) in [4.78, 5) is 27.7. The van der Waals surface area contributed by atoms with Crippen LogP contribution in [-0.4, -0.2) is 71.4 Å². The van der Waals surface area contributed by atoms with E-state index in [4.69, 9.17) is 9.47 Å². The smallest absolute Gasteiger partial charge is 0.410 e. The minimum Gasteiger partial charge on any atom is -0.460 e. The second-order valence-corrected chi connectivity index (χ2v) is 7.39. The van der Waals surface area contributed by atoms with E-state index in [9.17, 15) is 14.7 Å². The fraction of sp³-hybridized carbons (Fsp3) is 0.579. The third kappa shape index (κ3) is 6.31. The van der Waals surface area contributed by atoms with Crippen molar-refractivity contribution in [1.29, 1.82) is 0 Å². The standard InChI is InChI=1S/C19H28N2O5/c1-19(2,3)26-18(24)21-10-9-20(11-16(21)13-22)12-17(23)25-14-15-7-5-4-6-8-15/h4-8,16,22H,9-14H2,1-3H3/t16-/m1/s1. The molecule has 0 radical (unpaired) electrons. The first-order chi connectivity index (χ1) is 12.3. The van der Waals surface area contributed by atoms with E-state index < -0.39 is 17.7 Å². The molecule has 26 heavy (non-hydrogen) atoms. The van der Waals surface area contributed by atoms with Gasteiger partial charge in [0.25, 0.3) is 0 Å². The lowest BCUT2D eigenvalue weighted by molar-refractivity contribution is -0.147. The molecular weight excluding hydrogens is 336 g/mol. The molecule has 0 spiro atoms. The molecule has 2 rings (SSSR count). The molecule has 7 nitrogen and oxygen atoms in total. The maximum absolute atomic E-state index is 12.3. The summed E-state index contributed by atoms with van der Waals surface area (Å²) >= 11 is 0. The van der Waals surface area contributed by atoms with Gasteiger partial charge >= 0.3 is 12.1 Å².